The van der Waals surface area contributed by atoms with E-state index in [2.05, 4.69) is 0 Å². The lowest BCUT2D eigenvalue weighted by molar-refractivity contribution is -0.123. The van der Waals surface area contributed by atoms with Crippen LogP contribution in [0, 0.1) is 0 Å². The molecule has 1 fully saturated rings. The van der Waals surface area contributed by atoms with E-state index in [0.29, 0.717) is 9.93 Å². The van der Waals surface area contributed by atoms with E-state index in [1.165, 1.54) is 4.90 Å². The van der Waals surface area contributed by atoms with Crippen LogP contribution in [0.25, 0.3) is 16.8 Å². The van der Waals surface area contributed by atoms with Gasteiger partial charge >= 0.3 is 0 Å². The maximum Gasteiger partial charge on any atom is 0.293 e. The topological polar surface area (TPSA) is 37.4 Å². The number of benzene rings is 3. The minimum absolute atomic E-state index is 0.247. The molecule has 4 rings (SSSR count). The van der Waals surface area contributed by atoms with Crippen LogP contribution in [0.4, 0.5) is 4.79 Å². The zero-order chi connectivity index (χ0) is 18.1. The highest BCUT2D eigenvalue weighted by Crippen LogP contribution is 2.34. The van der Waals surface area contributed by atoms with Gasteiger partial charge in [-0.2, -0.15) is 0 Å². The number of carbonyl (C=O) groups is 2. The van der Waals surface area contributed by atoms with E-state index >= 15 is 0 Å². The smallest absolute Gasteiger partial charge is 0.268 e. The largest absolute Gasteiger partial charge is 0.293 e. The van der Waals surface area contributed by atoms with Crippen LogP contribution in [0.5, 0.6) is 0 Å². The van der Waals surface area contributed by atoms with Crippen molar-refractivity contribution < 1.29 is 9.59 Å². The van der Waals surface area contributed by atoms with Gasteiger partial charge in [0.05, 0.1) is 11.4 Å². The molecule has 3 aromatic rings. The summed E-state index contributed by atoms with van der Waals surface area (Å²) in [6.07, 6.45) is 1.73. The Labute approximate surface area is 160 Å². The van der Waals surface area contributed by atoms with Gasteiger partial charge in [-0.05, 0) is 51.9 Å². The first-order valence-corrected chi connectivity index (χ1v) is 9.29. The van der Waals surface area contributed by atoms with Crippen molar-refractivity contribution in [3.63, 3.8) is 0 Å². The monoisotopic (exact) mass is 379 g/mol. The van der Waals surface area contributed by atoms with Crippen LogP contribution in [-0.4, -0.2) is 16.0 Å². The lowest BCUT2D eigenvalue weighted by Crippen LogP contribution is -2.27. The summed E-state index contributed by atoms with van der Waals surface area (Å²) in [5, 5.41) is 2.53. The molecule has 0 aliphatic carbocycles. The highest BCUT2D eigenvalue weighted by Gasteiger charge is 2.35. The van der Waals surface area contributed by atoms with Gasteiger partial charge in [0.15, 0.2) is 0 Å². The Morgan fingerprint density at radius 1 is 0.923 bits per heavy atom. The van der Waals surface area contributed by atoms with Crippen molar-refractivity contribution in [1.82, 2.24) is 4.90 Å². The average molecular weight is 380 g/mol. The van der Waals surface area contributed by atoms with Gasteiger partial charge < -0.3 is 0 Å². The fraction of sp³-hybridized carbons (Fsp3) is 0.0476. The van der Waals surface area contributed by atoms with Crippen LogP contribution in [-0.2, 0) is 11.3 Å². The Morgan fingerprint density at radius 2 is 1.65 bits per heavy atom. The number of fused-ring (bicyclic) bond motifs is 1. The number of thioether (sulfide) groups is 1. The number of amides is 2. The number of hydrogen-bond acceptors (Lipinski definition) is 3. The second-order valence-corrected chi connectivity index (χ2v) is 7.39. The molecule has 0 unspecified atom stereocenters. The van der Waals surface area contributed by atoms with E-state index in [9.17, 15) is 9.59 Å². The van der Waals surface area contributed by atoms with E-state index in [-0.39, 0.29) is 17.7 Å². The number of halogens is 1. The van der Waals surface area contributed by atoms with Crippen molar-refractivity contribution in [1.29, 1.82) is 0 Å². The molecule has 5 heteroatoms. The van der Waals surface area contributed by atoms with Crippen molar-refractivity contribution in [2.45, 2.75) is 6.54 Å². The summed E-state index contributed by atoms with van der Waals surface area (Å²) in [6, 6.07) is 21.0. The molecule has 3 nitrogen and oxygen atoms in total. The summed E-state index contributed by atoms with van der Waals surface area (Å²) >= 11 is 6.86. The van der Waals surface area contributed by atoms with Crippen molar-refractivity contribution >= 4 is 51.4 Å². The third kappa shape index (κ3) is 3.26. The molecule has 1 heterocycles. The van der Waals surface area contributed by atoms with Gasteiger partial charge in [0.25, 0.3) is 11.1 Å². The van der Waals surface area contributed by atoms with Gasteiger partial charge in [0.2, 0.25) is 0 Å². The van der Waals surface area contributed by atoms with Crippen molar-refractivity contribution in [3.05, 3.63) is 87.8 Å². The Morgan fingerprint density at radius 3 is 2.46 bits per heavy atom. The fourth-order valence-electron chi connectivity index (χ4n) is 2.95. The highest BCUT2D eigenvalue weighted by atomic mass is 35.5. The SMILES string of the molecule is O=C1S/C(=C\c2ccc(Cl)cc2)C(=O)N1Cc1cccc2ccccc12. The summed E-state index contributed by atoms with van der Waals surface area (Å²) in [4.78, 5) is 26.8. The molecule has 2 amide bonds. The number of imide groups is 1. The fourth-order valence-corrected chi connectivity index (χ4v) is 3.91. The molecule has 0 N–H and O–H groups in total. The Bertz CT molecular complexity index is 1040. The molecule has 0 atom stereocenters. The van der Waals surface area contributed by atoms with Crippen LogP contribution in [0.1, 0.15) is 11.1 Å². The van der Waals surface area contributed by atoms with Crippen molar-refractivity contribution in [2.75, 3.05) is 0 Å². The molecule has 1 saturated heterocycles. The minimum atomic E-state index is -0.261. The van der Waals surface area contributed by atoms with E-state index in [1.807, 2.05) is 54.6 Å². The summed E-state index contributed by atoms with van der Waals surface area (Å²) in [5.41, 5.74) is 1.79. The number of nitrogens with zero attached hydrogens (tertiary/aromatic N) is 1. The molecule has 0 spiro atoms. The Kier molecular flexibility index (Phi) is 4.53. The highest BCUT2D eigenvalue weighted by molar-refractivity contribution is 8.18. The second-order valence-electron chi connectivity index (χ2n) is 5.96. The normalized spacial score (nSPS) is 16.0. The van der Waals surface area contributed by atoms with Gasteiger partial charge in [-0.15, -0.1) is 0 Å². The van der Waals surface area contributed by atoms with E-state index in [4.69, 9.17) is 11.6 Å². The lowest BCUT2D eigenvalue weighted by Gasteiger charge is -2.14. The first-order chi connectivity index (χ1) is 12.6. The van der Waals surface area contributed by atoms with Gasteiger partial charge in [-0.3, -0.25) is 14.5 Å². The summed E-state index contributed by atoms with van der Waals surface area (Å²) in [6.45, 7) is 0.268. The van der Waals surface area contributed by atoms with Gasteiger partial charge in [0, 0.05) is 5.02 Å². The first kappa shape index (κ1) is 16.9. The summed E-state index contributed by atoms with van der Waals surface area (Å²) in [7, 11) is 0. The Balaban J connectivity index is 1.62. The second kappa shape index (κ2) is 6.98. The molecule has 3 aromatic carbocycles. The number of rotatable bonds is 3. The predicted octanol–water partition coefficient (Wildman–Crippen LogP) is 5.73. The minimum Gasteiger partial charge on any atom is -0.268 e. The molecule has 0 bridgehead atoms. The van der Waals surface area contributed by atoms with Crippen LogP contribution < -0.4 is 0 Å². The molecule has 0 aromatic heterocycles. The maximum atomic E-state index is 12.7. The molecule has 0 saturated carbocycles. The summed E-state index contributed by atoms with van der Waals surface area (Å²) in [5.74, 6) is -0.261. The number of hydrogen-bond donors (Lipinski definition) is 0. The molecule has 1 aliphatic heterocycles. The third-order valence-corrected chi connectivity index (χ3v) is 5.41. The van der Waals surface area contributed by atoms with Crippen LogP contribution in [0.2, 0.25) is 5.02 Å². The van der Waals surface area contributed by atoms with Crippen molar-refractivity contribution in [2.24, 2.45) is 0 Å². The average Bonchev–Trinajstić information content (AvgIpc) is 2.91. The standard InChI is InChI=1S/C21H14ClNO2S/c22-17-10-8-14(9-11-17)12-19-20(24)23(21(25)26-19)13-16-6-3-5-15-4-1-2-7-18(15)16/h1-12H,13H2/b19-12-. The van der Waals surface area contributed by atoms with Gasteiger partial charge in [0.1, 0.15) is 0 Å². The molecule has 1 aliphatic rings. The molecular weight excluding hydrogens is 366 g/mol. The van der Waals surface area contributed by atoms with Gasteiger partial charge in [-0.1, -0.05) is 66.2 Å². The zero-order valence-corrected chi connectivity index (χ0v) is 15.3. The predicted molar refractivity (Wildman–Crippen MR) is 107 cm³/mol. The molecule has 0 radical (unpaired) electrons. The van der Waals surface area contributed by atoms with E-state index in [1.54, 1.807) is 18.2 Å². The van der Waals surface area contributed by atoms with E-state index < -0.39 is 0 Å². The molecular formula is C21H14ClNO2S. The third-order valence-electron chi connectivity index (χ3n) is 4.25. The quantitative estimate of drug-likeness (QED) is 0.545. The van der Waals surface area contributed by atoms with E-state index in [0.717, 1.165) is 33.7 Å². The van der Waals surface area contributed by atoms with Crippen LogP contribution in [0.3, 0.4) is 0 Å². The van der Waals surface area contributed by atoms with Crippen molar-refractivity contribution in [3.8, 4) is 0 Å². The molecule has 26 heavy (non-hydrogen) atoms. The Hall–Kier alpha value is -2.56. The molecule has 128 valence electrons. The number of carbonyl (C=O) groups excluding carboxylic acids is 2. The van der Waals surface area contributed by atoms with Crippen LogP contribution in [0.15, 0.2) is 71.6 Å². The van der Waals surface area contributed by atoms with Gasteiger partial charge in [-0.25, -0.2) is 0 Å². The maximum absolute atomic E-state index is 12.7. The zero-order valence-electron chi connectivity index (χ0n) is 13.7. The summed E-state index contributed by atoms with van der Waals surface area (Å²) < 4.78 is 0. The first-order valence-electron chi connectivity index (χ1n) is 8.09. The lowest BCUT2D eigenvalue weighted by atomic mass is 10.0. The van der Waals surface area contributed by atoms with Crippen LogP contribution >= 0.6 is 23.4 Å².